The fourth-order valence-corrected chi connectivity index (χ4v) is 4.59. The van der Waals surface area contributed by atoms with Crippen LogP contribution in [0.15, 0.2) is 30.6 Å². The van der Waals surface area contributed by atoms with Gasteiger partial charge in [0.15, 0.2) is 0 Å². The van der Waals surface area contributed by atoms with Gasteiger partial charge in [0.05, 0.1) is 6.20 Å². The lowest BCUT2D eigenvalue weighted by atomic mass is 9.89. The monoisotopic (exact) mass is 442 g/mol. The molecule has 170 valence electrons. The number of H-pyrrole nitrogens is 1. The van der Waals surface area contributed by atoms with E-state index in [1.165, 1.54) is 12.1 Å². The Morgan fingerprint density at radius 1 is 1.28 bits per heavy atom. The molecule has 2 aromatic rings. The number of piperazine rings is 1. The number of hydrogen-bond donors (Lipinski definition) is 3. The van der Waals surface area contributed by atoms with Crippen molar-refractivity contribution in [1.29, 1.82) is 0 Å². The molecule has 4 amide bonds. The smallest absolute Gasteiger partial charge is 0.322 e. The van der Waals surface area contributed by atoms with Gasteiger partial charge in [-0.3, -0.25) is 20.0 Å². The zero-order valence-electron chi connectivity index (χ0n) is 18.3. The Bertz CT molecular complexity index is 1040. The van der Waals surface area contributed by atoms with Gasteiger partial charge < -0.3 is 15.1 Å². The van der Waals surface area contributed by atoms with Crippen molar-refractivity contribution in [2.75, 3.05) is 24.5 Å². The molecule has 32 heavy (non-hydrogen) atoms. The second-order valence-electron chi connectivity index (χ2n) is 8.86. The maximum Gasteiger partial charge on any atom is 0.322 e. The first-order valence-electron chi connectivity index (χ1n) is 10.6. The third kappa shape index (κ3) is 4.17. The van der Waals surface area contributed by atoms with Crippen LogP contribution < -0.4 is 15.5 Å². The van der Waals surface area contributed by atoms with Crippen molar-refractivity contribution in [3.8, 4) is 11.1 Å². The van der Waals surface area contributed by atoms with Crippen molar-refractivity contribution in [2.45, 2.75) is 38.8 Å². The molecule has 2 aliphatic heterocycles. The molecular formula is C22H27FN6O3. The van der Waals surface area contributed by atoms with Gasteiger partial charge in [0.25, 0.3) is 5.91 Å². The van der Waals surface area contributed by atoms with Crippen molar-refractivity contribution < 1.29 is 18.8 Å². The van der Waals surface area contributed by atoms with Gasteiger partial charge in [0.1, 0.15) is 11.4 Å². The van der Waals surface area contributed by atoms with Crippen LogP contribution in [0.1, 0.15) is 27.2 Å². The summed E-state index contributed by atoms with van der Waals surface area (Å²) in [5.74, 6) is -1.25. The van der Waals surface area contributed by atoms with Gasteiger partial charge in [-0.2, -0.15) is 5.10 Å². The van der Waals surface area contributed by atoms with E-state index < -0.39 is 23.4 Å². The minimum absolute atomic E-state index is 0.0241. The summed E-state index contributed by atoms with van der Waals surface area (Å²) in [6, 6.07) is 4.34. The van der Waals surface area contributed by atoms with Crippen molar-refractivity contribution in [3.63, 3.8) is 0 Å². The number of carbonyl (C=O) groups is 3. The molecule has 0 radical (unpaired) electrons. The summed E-state index contributed by atoms with van der Waals surface area (Å²) in [7, 11) is 0. The number of nitrogens with one attached hydrogen (secondary N) is 3. The van der Waals surface area contributed by atoms with Crippen LogP contribution in [0.4, 0.5) is 14.9 Å². The molecule has 2 aliphatic rings. The lowest BCUT2D eigenvalue weighted by Crippen LogP contribution is -2.55. The third-order valence-electron chi connectivity index (χ3n) is 6.24. The number of rotatable bonds is 5. The number of imide groups is 1. The van der Waals surface area contributed by atoms with Crippen molar-refractivity contribution in [2.24, 2.45) is 5.92 Å². The molecule has 2 saturated heterocycles. The first-order chi connectivity index (χ1) is 15.2. The average Bonchev–Trinajstić information content (AvgIpc) is 3.35. The summed E-state index contributed by atoms with van der Waals surface area (Å²) in [5.41, 5.74) is 1.20. The molecule has 1 aromatic heterocycles. The number of halogens is 1. The van der Waals surface area contributed by atoms with E-state index in [0.29, 0.717) is 19.6 Å². The standard InChI is InChI=1S/C22H27FN6O3/c1-13(9-22(3)20(31)26-21(32)27-22)19(30)28-4-5-29(14(2)12-28)18-7-15(6-17(23)8-18)16-10-24-25-11-16/h6-8,10-11,13-14H,4-5,9,12H2,1-3H3,(H,24,25)(H2,26,27,31,32)/t13-,14-,22+/m0/s1. The average molecular weight is 442 g/mol. The van der Waals surface area contributed by atoms with Crippen LogP contribution in [0.25, 0.3) is 11.1 Å². The molecule has 0 saturated carbocycles. The molecule has 9 nitrogen and oxygen atoms in total. The van der Waals surface area contributed by atoms with E-state index in [1.54, 1.807) is 31.1 Å². The molecule has 10 heteroatoms. The summed E-state index contributed by atoms with van der Waals surface area (Å²) in [6.45, 7) is 6.92. The number of aromatic amines is 1. The fourth-order valence-electron chi connectivity index (χ4n) is 4.59. The Morgan fingerprint density at radius 3 is 2.69 bits per heavy atom. The molecule has 3 atom stereocenters. The normalized spacial score (nSPS) is 24.3. The molecule has 0 bridgehead atoms. The van der Waals surface area contributed by atoms with E-state index in [2.05, 4.69) is 25.7 Å². The summed E-state index contributed by atoms with van der Waals surface area (Å²) in [5, 5.41) is 11.5. The van der Waals surface area contributed by atoms with E-state index in [1.807, 2.05) is 13.0 Å². The molecule has 4 rings (SSSR count). The van der Waals surface area contributed by atoms with Gasteiger partial charge in [-0.15, -0.1) is 0 Å². The quantitative estimate of drug-likeness (QED) is 0.613. The number of benzene rings is 1. The number of aromatic nitrogens is 2. The SMILES string of the molecule is C[C@@H](C[C@@]1(C)NC(=O)NC1=O)C(=O)N1CCN(c2cc(F)cc(-c3cn[nH]c3)c2)[C@@H](C)C1. The summed E-state index contributed by atoms with van der Waals surface area (Å²) in [4.78, 5) is 40.5. The zero-order chi connectivity index (χ0) is 23.0. The van der Waals surface area contributed by atoms with Gasteiger partial charge in [-0.25, -0.2) is 9.18 Å². The fraction of sp³-hybridized carbons (Fsp3) is 0.455. The van der Waals surface area contributed by atoms with E-state index in [9.17, 15) is 18.8 Å². The Morgan fingerprint density at radius 2 is 2.06 bits per heavy atom. The first kappa shape index (κ1) is 21.8. The molecule has 0 aliphatic carbocycles. The molecular weight excluding hydrogens is 415 g/mol. The minimum atomic E-state index is -1.09. The van der Waals surface area contributed by atoms with Crippen LogP contribution in [0, 0.1) is 11.7 Å². The Hall–Kier alpha value is -3.43. The number of anilines is 1. The predicted octanol–water partition coefficient (Wildman–Crippen LogP) is 1.88. The van der Waals surface area contributed by atoms with Crippen LogP contribution in [-0.2, 0) is 9.59 Å². The third-order valence-corrected chi connectivity index (χ3v) is 6.24. The van der Waals surface area contributed by atoms with Crippen molar-refractivity contribution >= 4 is 23.5 Å². The van der Waals surface area contributed by atoms with Gasteiger partial charge in [-0.05, 0) is 44.0 Å². The highest BCUT2D eigenvalue weighted by atomic mass is 19.1. The van der Waals surface area contributed by atoms with Crippen LogP contribution in [0.3, 0.4) is 0 Å². The lowest BCUT2D eigenvalue weighted by molar-refractivity contribution is -0.137. The second kappa shape index (κ2) is 8.25. The maximum absolute atomic E-state index is 14.3. The van der Waals surface area contributed by atoms with E-state index >= 15 is 0 Å². The van der Waals surface area contributed by atoms with E-state index in [-0.39, 0.29) is 24.2 Å². The Balaban J connectivity index is 1.43. The predicted molar refractivity (Wildman–Crippen MR) is 116 cm³/mol. The minimum Gasteiger partial charge on any atom is -0.365 e. The molecule has 0 spiro atoms. The largest absolute Gasteiger partial charge is 0.365 e. The van der Waals surface area contributed by atoms with E-state index in [0.717, 1.165) is 16.8 Å². The number of nitrogens with zero attached hydrogens (tertiary/aromatic N) is 3. The van der Waals surface area contributed by atoms with Gasteiger partial charge in [0.2, 0.25) is 5.91 Å². The topological polar surface area (TPSA) is 110 Å². The van der Waals surface area contributed by atoms with Crippen LogP contribution in [0.5, 0.6) is 0 Å². The van der Waals surface area contributed by atoms with E-state index in [4.69, 9.17) is 0 Å². The molecule has 1 aromatic carbocycles. The Labute approximate surface area is 185 Å². The zero-order valence-corrected chi connectivity index (χ0v) is 18.3. The number of carbonyl (C=O) groups excluding carboxylic acids is 3. The summed E-state index contributed by atoms with van der Waals surface area (Å²) in [6.07, 6.45) is 3.58. The molecule has 0 unspecified atom stereocenters. The van der Waals surface area contributed by atoms with Crippen LogP contribution >= 0.6 is 0 Å². The van der Waals surface area contributed by atoms with Gasteiger partial charge in [-0.1, -0.05) is 6.92 Å². The van der Waals surface area contributed by atoms with Crippen molar-refractivity contribution in [3.05, 3.63) is 36.4 Å². The number of urea groups is 1. The summed E-state index contributed by atoms with van der Waals surface area (Å²) >= 11 is 0. The number of hydrogen-bond acceptors (Lipinski definition) is 5. The molecule has 3 N–H and O–H groups in total. The highest BCUT2D eigenvalue weighted by Gasteiger charge is 2.44. The van der Waals surface area contributed by atoms with Gasteiger partial charge in [0, 0.05) is 49.0 Å². The highest BCUT2D eigenvalue weighted by Crippen LogP contribution is 2.29. The summed E-state index contributed by atoms with van der Waals surface area (Å²) < 4.78 is 14.3. The lowest BCUT2D eigenvalue weighted by Gasteiger charge is -2.42. The highest BCUT2D eigenvalue weighted by molar-refractivity contribution is 6.07. The van der Waals surface area contributed by atoms with Crippen molar-refractivity contribution in [1.82, 2.24) is 25.7 Å². The van der Waals surface area contributed by atoms with Gasteiger partial charge >= 0.3 is 6.03 Å². The Kier molecular flexibility index (Phi) is 5.62. The molecule has 2 fully saturated rings. The maximum atomic E-state index is 14.3. The molecule has 3 heterocycles. The van der Waals surface area contributed by atoms with Crippen LogP contribution in [0.2, 0.25) is 0 Å². The number of amides is 4. The second-order valence-corrected chi connectivity index (χ2v) is 8.86. The van der Waals surface area contributed by atoms with Crippen LogP contribution in [-0.4, -0.2) is 64.2 Å². The first-order valence-corrected chi connectivity index (χ1v) is 10.6.